The summed E-state index contributed by atoms with van der Waals surface area (Å²) in [4.78, 5) is 3.24. The molecule has 3 N–H and O–H groups in total. The minimum absolute atomic E-state index is 0.0710. The number of hydrogen-bond acceptors (Lipinski definition) is 3. The van der Waals surface area contributed by atoms with Crippen LogP contribution >= 0.6 is 0 Å². The molecule has 0 saturated carbocycles. The largest absolute Gasteiger partial charge is 0.433 e. The Balaban J connectivity index is 2.38. The summed E-state index contributed by atoms with van der Waals surface area (Å²) >= 11 is 0. The predicted octanol–water partition coefficient (Wildman–Crippen LogP) is 3.87. The molecule has 106 valence electrons. The summed E-state index contributed by atoms with van der Waals surface area (Å²) < 4.78 is 50.7. The van der Waals surface area contributed by atoms with Gasteiger partial charge in [-0.2, -0.15) is 13.2 Å². The van der Waals surface area contributed by atoms with Gasteiger partial charge in [-0.1, -0.05) is 0 Å². The van der Waals surface area contributed by atoms with Crippen LogP contribution in [0.25, 0.3) is 0 Å². The van der Waals surface area contributed by atoms with Crippen LogP contribution in [0.3, 0.4) is 0 Å². The Morgan fingerprint density at radius 3 is 2.45 bits per heavy atom. The second kappa shape index (κ2) is 4.99. The van der Waals surface area contributed by atoms with Gasteiger partial charge >= 0.3 is 6.18 Å². The number of hydrogen-bond donors (Lipinski definition) is 2. The minimum Gasteiger partial charge on any atom is -0.396 e. The van der Waals surface area contributed by atoms with Crippen molar-refractivity contribution < 1.29 is 17.6 Å². The Hall–Kier alpha value is -2.31. The van der Waals surface area contributed by atoms with Crippen LogP contribution in [0.2, 0.25) is 0 Å². The van der Waals surface area contributed by atoms with Gasteiger partial charge < -0.3 is 11.1 Å². The molecule has 2 aromatic rings. The maximum Gasteiger partial charge on any atom is 0.433 e. The zero-order chi connectivity index (χ0) is 14.9. The molecule has 0 aliphatic heterocycles. The molecule has 1 aromatic carbocycles. The Labute approximate surface area is 112 Å². The van der Waals surface area contributed by atoms with Crippen molar-refractivity contribution in [3.8, 4) is 0 Å². The molecule has 3 nitrogen and oxygen atoms in total. The topological polar surface area (TPSA) is 50.9 Å². The van der Waals surface area contributed by atoms with E-state index in [0.29, 0.717) is 11.3 Å². The van der Waals surface area contributed by atoms with Crippen LogP contribution in [0.5, 0.6) is 0 Å². The number of alkyl halides is 3. The number of aryl methyl sites for hydroxylation is 1. The molecule has 0 fully saturated rings. The number of pyridine rings is 1. The lowest BCUT2D eigenvalue weighted by Gasteiger charge is -2.13. The van der Waals surface area contributed by atoms with E-state index in [1.165, 1.54) is 18.2 Å². The number of nitrogens with one attached hydrogen (secondary N) is 1. The molecule has 0 spiro atoms. The third kappa shape index (κ3) is 2.98. The van der Waals surface area contributed by atoms with Gasteiger partial charge in [0.15, 0.2) is 0 Å². The minimum atomic E-state index is -4.55. The van der Waals surface area contributed by atoms with Crippen LogP contribution in [0.4, 0.5) is 34.6 Å². The second-order valence-corrected chi connectivity index (χ2v) is 4.24. The number of rotatable bonds is 2. The summed E-state index contributed by atoms with van der Waals surface area (Å²) in [5, 5.41) is 2.75. The van der Waals surface area contributed by atoms with E-state index in [0.717, 1.165) is 12.3 Å². The summed E-state index contributed by atoms with van der Waals surface area (Å²) in [6.07, 6.45) is -3.62. The van der Waals surface area contributed by atoms with Gasteiger partial charge in [-0.25, -0.2) is 9.37 Å². The molecule has 0 saturated heterocycles. The van der Waals surface area contributed by atoms with E-state index in [4.69, 9.17) is 5.73 Å². The molecule has 20 heavy (non-hydrogen) atoms. The summed E-state index contributed by atoms with van der Waals surface area (Å²) in [5.74, 6) is -0.424. The quantitative estimate of drug-likeness (QED) is 0.823. The van der Waals surface area contributed by atoms with E-state index in [-0.39, 0.29) is 11.4 Å². The molecule has 0 bridgehead atoms. The Bertz CT molecular complexity index is 638. The Kier molecular flexibility index (Phi) is 3.52. The Morgan fingerprint density at radius 1 is 1.15 bits per heavy atom. The molecule has 7 heteroatoms. The maximum atomic E-state index is 13.0. The number of benzene rings is 1. The molecule has 2 rings (SSSR count). The van der Waals surface area contributed by atoms with Crippen molar-refractivity contribution in [2.24, 2.45) is 0 Å². The fourth-order valence-electron chi connectivity index (χ4n) is 1.64. The number of anilines is 3. The fourth-order valence-corrected chi connectivity index (χ4v) is 1.64. The van der Waals surface area contributed by atoms with E-state index < -0.39 is 17.7 Å². The van der Waals surface area contributed by atoms with Gasteiger partial charge in [0.1, 0.15) is 11.5 Å². The van der Waals surface area contributed by atoms with Crippen LogP contribution in [0.15, 0.2) is 30.5 Å². The predicted molar refractivity (Wildman–Crippen MR) is 68.1 cm³/mol. The van der Waals surface area contributed by atoms with Crippen molar-refractivity contribution in [2.75, 3.05) is 11.1 Å². The standard InChI is InChI=1S/C13H11F4N3/c1-7-4-8(14)2-3-10(7)20-11-5-12(13(15,16)17)19-6-9(11)18/h2-6H,18H2,1H3,(H,19,20). The van der Waals surface area contributed by atoms with Crippen molar-refractivity contribution in [3.05, 3.63) is 47.5 Å². The maximum absolute atomic E-state index is 13.0. The lowest BCUT2D eigenvalue weighted by atomic mass is 10.2. The first-order valence-corrected chi connectivity index (χ1v) is 5.63. The lowest BCUT2D eigenvalue weighted by molar-refractivity contribution is -0.141. The van der Waals surface area contributed by atoms with Gasteiger partial charge in [0, 0.05) is 5.69 Å². The zero-order valence-corrected chi connectivity index (χ0v) is 10.4. The lowest BCUT2D eigenvalue weighted by Crippen LogP contribution is -2.09. The first-order chi connectivity index (χ1) is 9.27. The number of nitrogens with zero attached hydrogens (tertiary/aromatic N) is 1. The van der Waals surface area contributed by atoms with E-state index in [2.05, 4.69) is 10.3 Å². The normalized spacial score (nSPS) is 11.4. The zero-order valence-electron chi connectivity index (χ0n) is 10.4. The highest BCUT2D eigenvalue weighted by Gasteiger charge is 2.33. The third-order valence-electron chi connectivity index (χ3n) is 2.68. The number of nitrogens with two attached hydrogens (primary N) is 1. The van der Waals surface area contributed by atoms with Crippen molar-refractivity contribution in [2.45, 2.75) is 13.1 Å². The molecule has 0 amide bonds. The summed E-state index contributed by atoms with van der Waals surface area (Å²) in [7, 11) is 0. The van der Waals surface area contributed by atoms with Gasteiger partial charge in [0.25, 0.3) is 0 Å². The monoisotopic (exact) mass is 285 g/mol. The average Bonchev–Trinajstić information content (AvgIpc) is 2.33. The van der Waals surface area contributed by atoms with E-state index >= 15 is 0 Å². The van der Waals surface area contributed by atoms with Gasteiger partial charge in [-0.3, -0.25) is 0 Å². The number of aromatic nitrogens is 1. The molecule has 0 aliphatic carbocycles. The van der Waals surface area contributed by atoms with Crippen LogP contribution in [-0.4, -0.2) is 4.98 Å². The first kappa shape index (κ1) is 14.1. The fraction of sp³-hybridized carbons (Fsp3) is 0.154. The molecule has 0 aliphatic rings. The van der Waals surface area contributed by atoms with Crippen molar-refractivity contribution in [3.63, 3.8) is 0 Å². The molecule has 0 radical (unpaired) electrons. The first-order valence-electron chi connectivity index (χ1n) is 5.63. The molecular weight excluding hydrogens is 274 g/mol. The molecule has 1 heterocycles. The number of nitrogen functional groups attached to an aromatic ring is 1. The van der Waals surface area contributed by atoms with Crippen molar-refractivity contribution in [1.82, 2.24) is 4.98 Å². The smallest absolute Gasteiger partial charge is 0.396 e. The third-order valence-corrected chi connectivity index (χ3v) is 2.68. The second-order valence-electron chi connectivity index (χ2n) is 4.24. The average molecular weight is 285 g/mol. The van der Waals surface area contributed by atoms with Gasteiger partial charge in [-0.05, 0) is 36.8 Å². The molecule has 0 unspecified atom stereocenters. The van der Waals surface area contributed by atoms with Crippen LogP contribution in [0.1, 0.15) is 11.3 Å². The van der Waals surface area contributed by atoms with Crippen LogP contribution in [0, 0.1) is 12.7 Å². The highest BCUT2D eigenvalue weighted by Crippen LogP contribution is 2.32. The molecule has 0 atom stereocenters. The molecular formula is C13H11F4N3. The highest BCUT2D eigenvalue weighted by atomic mass is 19.4. The highest BCUT2D eigenvalue weighted by molar-refractivity contribution is 5.73. The summed E-state index contributed by atoms with van der Waals surface area (Å²) in [6, 6.07) is 4.72. The van der Waals surface area contributed by atoms with E-state index in [1.807, 2.05) is 0 Å². The SMILES string of the molecule is Cc1cc(F)ccc1Nc1cc(C(F)(F)F)ncc1N. The number of halogens is 4. The van der Waals surface area contributed by atoms with Crippen LogP contribution < -0.4 is 11.1 Å². The van der Waals surface area contributed by atoms with Crippen molar-refractivity contribution >= 4 is 17.1 Å². The van der Waals surface area contributed by atoms with Gasteiger partial charge in [-0.15, -0.1) is 0 Å². The van der Waals surface area contributed by atoms with Crippen LogP contribution in [-0.2, 0) is 6.18 Å². The van der Waals surface area contributed by atoms with E-state index in [1.54, 1.807) is 6.92 Å². The Morgan fingerprint density at radius 2 is 1.85 bits per heavy atom. The summed E-state index contributed by atoms with van der Waals surface area (Å²) in [5.41, 5.74) is 5.71. The van der Waals surface area contributed by atoms with Gasteiger partial charge in [0.2, 0.25) is 0 Å². The van der Waals surface area contributed by atoms with Gasteiger partial charge in [0.05, 0.1) is 17.6 Å². The van der Waals surface area contributed by atoms with Crippen molar-refractivity contribution in [1.29, 1.82) is 0 Å². The van der Waals surface area contributed by atoms with E-state index in [9.17, 15) is 17.6 Å². The summed E-state index contributed by atoms with van der Waals surface area (Å²) in [6.45, 7) is 1.63. The molecule has 1 aromatic heterocycles.